The van der Waals surface area contributed by atoms with Crippen LogP contribution in [0, 0.1) is 23.2 Å². The number of carbonyl (C=O) groups excluding carboxylic acids is 2. The number of fused-ring (bicyclic) bond motifs is 8. The minimum Gasteiger partial charge on any atom is -0.469 e. The average Bonchev–Trinajstić information content (AvgIpc) is 3.72. The van der Waals surface area contributed by atoms with E-state index in [1.807, 2.05) is 27.0 Å². The highest BCUT2D eigenvalue weighted by molar-refractivity contribution is 5.87. The van der Waals surface area contributed by atoms with Crippen molar-refractivity contribution in [1.82, 2.24) is 14.8 Å². The first-order chi connectivity index (χ1) is 25.6. The summed E-state index contributed by atoms with van der Waals surface area (Å²) in [6.07, 6.45) is 5.97. The zero-order valence-corrected chi connectivity index (χ0v) is 31.7. The lowest BCUT2D eigenvalue weighted by Crippen LogP contribution is -2.73. The monoisotopic (exact) mass is 720 g/mol. The molecule has 4 saturated heterocycles. The van der Waals surface area contributed by atoms with Crippen molar-refractivity contribution in [2.75, 3.05) is 59.5 Å². The number of rotatable bonds is 4. The fraction of sp³-hybridized carbons (Fsp3) is 0.535. The Hall–Kier alpha value is -3.96. The molecule has 0 amide bonds. The molecule has 53 heavy (non-hydrogen) atoms. The number of nitrogens with zero attached hydrogens (tertiary/aromatic N) is 3. The first-order valence-corrected chi connectivity index (χ1v) is 19.3. The summed E-state index contributed by atoms with van der Waals surface area (Å²) in [5.74, 6) is -1.65. The Morgan fingerprint density at radius 1 is 1.02 bits per heavy atom. The van der Waals surface area contributed by atoms with Crippen LogP contribution in [0.2, 0.25) is 0 Å². The number of benzene rings is 2. The number of likely N-dealkylation sites (N-methyl/N-ethyl adjacent to an activating group) is 2. The number of aromatic nitrogens is 1. The smallest absolute Gasteiger partial charge is 0.316 e. The van der Waals surface area contributed by atoms with Crippen LogP contribution in [-0.2, 0) is 30.9 Å². The molecule has 7 aliphatic rings. The number of ether oxygens (including phenoxy) is 2. The van der Waals surface area contributed by atoms with Crippen molar-refractivity contribution in [3.63, 3.8) is 0 Å². The molecule has 10 atom stereocenters. The lowest BCUT2D eigenvalue weighted by Gasteiger charge is -2.56. The van der Waals surface area contributed by atoms with Gasteiger partial charge in [0.15, 0.2) is 0 Å². The van der Waals surface area contributed by atoms with E-state index in [4.69, 9.17) is 9.47 Å². The molecule has 6 heterocycles. The Labute approximate surface area is 311 Å². The first kappa shape index (κ1) is 34.8. The number of aromatic amines is 1. The number of allylic oxidation sites excluding steroid dienone is 2. The summed E-state index contributed by atoms with van der Waals surface area (Å²) in [5, 5.41) is 24.9. The second-order valence-corrected chi connectivity index (χ2v) is 16.5. The molecule has 0 radical (unpaired) electrons. The number of methoxy groups -OCH3 is 2. The summed E-state index contributed by atoms with van der Waals surface area (Å²) >= 11 is 0. The predicted molar refractivity (Wildman–Crippen MR) is 202 cm³/mol. The second kappa shape index (κ2) is 12.0. The van der Waals surface area contributed by atoms with Crippen molar-refractivity contribution < 1.29 is 29.3 Å². The van der Waals surface area contributed by atoms with Gasteiger partial charge in [-0.05, 0) is 81.3 Å². The maximum atomic E-state index is 14.2. The Morgan fingerprint density at radius 2 is 1.79 bits per heavy atom. The van der Waals surface area contributed by atoms with Gasteiger partial charge < -0.3 is 29.6 Å². The normalized spacial score (nSPS) is 38.6. The number of esters is 2. The highest BCUT2D eigenvalue weighted by atomic mass is 16.5. The van der Waals surface area contributed by atoms with Gasteiger partial charge in [-0.3, -0.25) is 19.4 Å². The molecule has 6 bridgehead atoms. The van der Waals surface area contributed by atoms with Crippen molar-refractivity contribution in [3.8, 4) is 0 Å². The first-order valence-electron chi connectivity index (χ1n) is 19.3. The molecule has 10 rings (SSSR count). The van der Waals surface area contributed by atoms with E-state index in [0.29, 0.717) is 32.4 Å². The van der Waals surface area contributed by atoms with Crippen LogP contribution in [0.4, 0.5) is 5.69 Å². The number of nitrogens with one attached hydrogen (secondary N) is 1. The summed E-state index contributed by atoms with van der Waals surface area (Å²) in [5.41, 5.74) is 6.16. The van der Waals surface area contributed by atoms with Gasteiger partial charge in [-0.1, -0.05) is 53.6 Å². The van der Waals surface area contributed by atoms with Crippen LogP contribution in [0.3, 0.4) is 0 Å². The van der Waals surface area contributed by atoms with Gasteiger partial charge in [0.05, 0.1) is 38.3 Å². The van der Waals surface area contributed by atoms with Crippen molar-refractivity contribution in [3.05, 3.63) is 88.1 Å². The minimum atomic E-state index is -1.17. The van der Waals surface area contributed by atoms with Crippen LogP contribution < -0.4 is 4.90 Å². The highest BCUT2D eigenvalue weighted by Crippen LogP contribution is 2.70. The number of aliphatic hydroxyl groups is 2. The number of para-hydroxylation sites is 1. The zero-order chi connectivity index (χ0) is 37.2. The van der Waals surface area contributed by atoms with E-state index in [1.165, 1.54) is 19.8 Å². The van der Waals surface area contributed by atoms with Gasteiger partial charge in [-0.15, -0.1) is 0 Å². The van der Waals surface area contributed by atoms with Crippen LogP contribution >= 0.6 is 0 Å². The van der Waals surface area contributed by atoms with E-state index in [1.54, 1.807) is 0 Å². The van der Waals surface area contributed by atoms with E-state index in [9.17, 15) is 19.8 Å². The number of hydrogen-bond acceptors (Lipinski definition) is 9. The van der Waals surface area contributed by atoms with Crippen LogP contribution in [0.5, 0.6) is 0 Å². The molecule has 1 aromatic heterocycles. The molecule has 10 heteroatoms. The molecule has 3 aromatic rings. The standard InChI is InChI=1S/C43H52N4O6/c1-7-24-22-47-16-15-42-32-17-26(13-14-34(32)46(4)43(42,47)36(49)20-28(24)37(42)39(50)52-5)29-18-31-25(8-2)21-45(3)35(41(31,23-48)40(51)53-6)19-30-27-11-9-10-12-33(27)44-38(29)30/h7-14,17,28-29,31,35-37,44,48-49H,15-16,18-23H2,1-6H3. The largest absolute Gasteiger partial charge is 0.469 e. The number of H-pyrrole nitrogens is 1. The molecule has 2 aromatic carbocycles. The molecule has 1 saturated carbocycles. The maximum absolute atomic E-state index is 14.2. The number of anilines is 1. The van der Waals surface area contributed by atoms with Crippen molar-refractivity contribution in [2.45, 2.75) is 68.7 Å². The van der Waals surface area contributed by atoms with Crippen LogP contribution in [0.15, 0.2) is 65.8 Å². The quantitative estimate of drug-likeness (QED) is 0.265. The van der Waals surface area contributed by atoms with Crippen molar-refractivity contribution in [1.29, 1.82) is 0 Å². The van der Waals surface area contributed by atoms with Crippen molar-refractivity contribution in [2.24, 2.45) is 23.2 Å². The third-order valence-corrected chi connectivity index (χ3v) is 15.1. The van der Waals surface area contributed by atoms with Crippen LogP contribution in [-0.4, -0.2) is 109 Å². The number of hydrogen-bond donors (Lipinski definition) is 3. The molecule has 10 nitrogen and oxygen atoms in total. The lowest BCUT2D eigenvalue weighted by atomic mass is 9.53. The Bertz CT molecular complexity index is 2090. The van der Waals surface area contributed by atoms with E-state index in [-0.39, 0.29) is 42.3 Å². The van der Waals surface area contributed by atoms with Crippen LogP contribution in [0.1, 0.15) is 61.4 Å². The van der Waals surface area contributed by atoms with E-state index in [0.717, 1.165) is 57.5 Å². The Balaban J connectivity index is 1.30. The van der Waals surface area contributed by atoms with Gasteiger partial charge in [-0.2, -0.15) is 0 Å². The van der Waals surface area contributed by atoms with E-state index < -0.39 is 28.5 Å². The van der Waals surface area contributed by atoms with Gasteiger partial charge in [0.2, 0.25) is 0 Å². The Morgan fingerprint density at radius 3 is 2.51 bits per heavy atom. The van der Waals surface area contributed by atoms with Gasteiger partial charge in [0.1, 0.15) is 11.1 Å². The van der Waals surface area contributed by atoms with E-state index in [2.05, 4.69) is 75.3 Å². The number of likely N-dealkylation sites (tertiary alicyclic amines) is 1. The molecule has 3 N–H and O–H groups in total. The molecule has 2 aliphatic carbocycles. The third-order valence-electron chi connectivity index (χ3n) is 15.1. The molecule has 280 valence electrons. The molecule has 5 fully saturated rings. The number of carbonyl (C=O) groups is 2. The SMILES string of the molecule is CC=C1CN2CCC34c5cc(C6CC7C(=CC)CN(C)C(Cc8c6[nH]c6ccccc86)C7(CO)C(=O)OC)ccc5N(C)C23C(O)CC1C4C(=O)OC. The summed E-state index contributed by atoms with van der Waals surface area (Å²) in [6, 6.07) is 14.8. The highest BCUT2D eigenvalue weighted by Gasteiger charge is 2.78. The summed E-state index contributed by atoms with van der Waals surface area (Å²) in [6.45, 7) is 5.91. The maximum Gasteiger partial charge on any atom is 0.316 e. The molecule has 1 spiro atoms. The summed E-state index contributed by atoms with van der Waals surface area (Å²) in [7, 11) is 7.06. The zero-order valence-electron chi connectivity index (χ0n) is 31.7. The summed E-state index contributed by atoms with van der Waals surface area (Å²) in [4.78, 5) is 39.2. The molecule has 10 unspecified atom stereocenters. The fourth-order valence-electron chi connectivity index (χ4n) is 13.1. The topological polar surface area (TPSA) is 119 Å². The van der Waals surface area contributed by atoms with Gasteiger partial charge in [-0.25, -0.2) is 0 Å². The van der Waals surface area contributed by atoms with Crippen molar-refractivity contribution >= 4 is 28.5 Å². The minimum absolute atomic E-state index is 0.135. The summed E-state index contributed by atoms with van der Waals surface area (Å²) < 4.78 is 11.3. The number of aliphatic hydroxyl groups excluding tert-OH is 2. The van der Waals surface area contributed by atoms with Gasteiger partial charge in [0.25, 0.3) is 0 Å². The number of piperidine rings is 1. The van der Waals surface area contributed by atoms with E-state index >= 15 is 0 Å². The lowest BCUT2D eigenvalue weighted by molar-refractivity contribution is -0.169. The molecule has 5 aliphatic heterocycles. The fourth-order valence-corrected chi connectivity index (χ4v) is 13.1. The van der Waals surface area contributed by atoms with Gasteiger partial charge >= 0.3 is 11.9 Å². The Kier molecular flexibility index (Phi) is 7.89. The van der Waals surface area contributed by atoms with Crippen LogP contribution in [0.25, 0.3) is 10.9 Å². The second-order valence-electron chi connectivity index (χ2n) is 16.5. The molecular formula is C43H52N4O6. The van der Waals surface area contributed by atoms with Gasteiger partial charge in [0, 0.05) is 66.8 Å². The predicted octanol–water partition coefficient (Wildman–Crippen LogP) is 4.49. The molecular weight excluding hydrogens is 668 g/mol. The third kappa shape index (κ3) is 4.08. The average molecular weight is 721 g/mol.